The van der Waals surface area contributed by atoms with Crippen molar-refractivity contribution in [2.75, 3.05) is 0 Å². The maximum atomic E-state index is 10.7. The van der Waals surface area contributed by atoms with E-state index in [9.17, 15) is 10.1 Å². The Balaban J connectivity index is 2.25. The van der Waals surface area contributed by atoms with Crippen molar-refractivity contribution >= 4 is 23.0 Å². The number of furan rings is 1. The van der Waals surface area contributed by atoms with Crippen molar-refractivity contribution in [3.63, 3.8) is 0 Å². The van der Waals surface area contributed by atoms with Crippen molar-refractivity contribution in [2.24, 2.45) is 5.16 Å². The van der Waals surface area contributed by atoms with Crippen LogP contribution in [0.1, 0.15) is 5.69 Å². The number of oxime groups is 1. The molecule has 1 aromatic carbocycles. The van der Waals surface area contributed by atoms with Crippen LogP contribution < -0.4 is 0 Å². The van der Waals surface area contributed by atoms with Gasteiger partial charge in [0.25, 0.3) is 0 Å². The smallest absolute Gasteiger partial charge is 0.411 e. The molecule has 0 saturated carbocycles. The van der Waals surface area contributed by atoms with Crippen LogP contribution in [0.2, 0.25) is 0 Å². The van der Waals surface area contributed by atoms with E-state index in [1.165, 1.54) is 18.3 Å². The number of nitrogens with zero attached hydrogens (tertiary/aromatic N) is 3. The SMILES string of the molecule is O=[N+]([O-])c1ccc(-c2cc(C=NO)nc3ccccc23)o1. The maximum Gasteiger partial charge on any atom is 0.433 e. The summed E-state index contributed by atoms with van der Waals surface area (Å²) >= 11 is 0. The molecule has 0 aliphatic heterocycles. The van der Waals surface area contributed by atoms with Crippen LogP contribution in [0.3, 0.4) is 0 Å². The highest BCUT2D eigenvalue weighted by molar-refractivity contribution is 5.96. The van der Waals surface area contributed by atoms with Crippen molar-refractivity contribution in [1.82, 2.24) is 4.98 Å². The fraction of sp³-hybridized carbons (Fsp3) is 0. The lowest BCUT2D eigenvalue weighted by Crippen LogP contribution is -1.91. The minimum atomic E-state index is -0.594. The van der Waals surface area contributed by atoms with E-state index in [2.05, 4.69) is 10.1 Å². The molecule has 3 rings (SSSR count). The van der Waals surface area contributed by atoms with Gasteiger partial charge in [-0.2, -0.15) is 0 Å². The molecule has 0 aliphatic carbocycles. The quantitative estimate of drug-likeness (QED) is 0.344. The monoisotopic (exact) mass is 283 g/mol. The zero-order valence-corrected chi connectivity index (χ0v) is 10.6. The molecule has 0 radical (unpaired) electrons. The van der Waals surface area contributed by atoms with Gasteiger partial charge in [0.1, 0.15) is 10.7 Å². The number of aromatic nitrogens is 1. The molecule has 0 spiro atoms. The molecule has 7 nitrogen and oxygen atoms in total. The van der Waals surface area contributed by atoms with Gasteiger partial charge in [-0.25, -0.2) is 4.98 Å². The van der Waals surface area contributed by atoms with E-state index in [0.29, 0.717) is 22.5 Å². The lowest BCUT2D eigenvalue weighted by atomic mass is 10.1. The van der Waals surface area contributed by atoms with Gasteiger partial charge in [0.2, 0.25) is 0 Å². The number of hydrogen-bond donors (Lipinski definition) is 1. The molecule has 0 bridgehead atoms. The second-order valence-corrected chi connectivity index (χ2v) is 4.25. The summed E-state index contributed by atoms with van der Waals surface area (Å²) in [5, 5.41) is 23.1. The van der Waals surface area contributed by atoms with E-state index in [-0.39, 0.29) is 5.88 Å². The van der Waals surface area contributed by atoms with E-state index >= 15 is 0 Å². The molecule has 3 aromatic rings. The van der Waals surface area contributed by atoms with Gasteiger partial charge in [0.15, 0.2) is 0 Å². The molecule has 0 unspecified atom stereocenters. The molecule has 104 valence electrons. The van der Waals surface area contributed by atoms with Crippen molar-refractivity contribution in [3.8, 4) is 11.3 Å². The third kappa shape index (κ3) is 2.32. The van der Waals surface area contributed by atoms with Crippen LogP contribution in [0, 0.1) is 10.1 Å². The Kier molecular flexibility index (Phi) is 3.07. The van der Waals surface area contributed by atoms with Gasteiger partial charge in [-0.05, 0) is 18.2 Å². The average molecular weight is 283 g/mol. The topological polar surface area (TPSA) is 102 Å². The van der Waals surface area contributed by atoms with Gasteiger partial charge < -0.3 is 9.62 Å². The van der Waals surface area contributed by atoms with Crippen LogP contribution in [-0.2, 0) is 0 Å². The summed E-state index contributed by atoms with van der Waals surface area (Å²) in [5.74, 6) is 0.0242. The lowest BCUT2D eigenvalue weighted by Gasteiger charge is -2.04. The second-order valence-electron chi connectivity index (χ2n) is 4.25. The number of rotatable bonds is 3. The largest absolute Gasteiger partial charge is 0.433 e. The summed E-state index contributed by atoms with van der Waals surface area (Å²) in [5.41, 5.74) is 1.73. The van der Waals surface area contributed by atoms with Crippen LogP contribution in [0.4, 0.5) is 5.88 Å². The molecular formula is C14H9N3O4. The highest BCUT2D eigenvalue weighted by Gasteiger charge is 2.16. The molecule has 2 aromatic heterocycles. The first-order chi connectivity index (χ1) is 10.2. The third-order valence-corrected chi connectivity index (χ3v) is 2.96. The molecular weight excluding hydrogens is 274 g/mol. The van der Waals surface area contributed by atoms with Gasteiger partial charge in [0.05, 0.1) is 23.5 Å². The number of para-hydroxylation sites is 1. The number of fused-ring (bicyclic) bond motifs is 1. The van der Waals surface area contributed by atoms with Gasteiger partial charge in [0, 0.05) is 10.9 Å². The molecule has 0 atom stereocenters. The first-order valence-corrected chi connectivity index (χ1v) is 6.01. The zero-order chi connectivity index (χ0) is 14.8. The molecule has 0 amide bonds. The van der Waals surface area contributed by atoms with Crippen molar-refractivity contribution in [2.45, 2.75) is 0 Å². The summed E-state index contributed by atoms with van der Waals surface area (Å²) in [6.45, 7) is 0. The molecule has 2 heterocycles. The van der Waals surface area contributed by atoms with Crippen LogP contribution in [0.15, 0.2) is 52.0 Å². The van der Waals surface area contributed by atoms with Gasteiger partial charge in [-0.15, -0.1) is 0 Å². The second kappa shape index (κ2) is 5.04. The third-order valence-electron chi connectivity index (χ3n) is 2.96. The number of pyridine rings is 1. The fourth-order valence-electron chi connectivity index (χ4n) is 2.10. The van der Waals surface area contributed by atoms with Crippen LogP contribution in [0.5, 0.6) is 0 Å². The van der Waals surface area contributed by atoms with E-state index in [1.807, 2.05) is 18.2 Å². The average Bonchev–Trinajstić information content (AvgIpc) is 2.96. The van der Waals surface area contributed by atoms with E-state index in [4.69, 9.17) is 9.62 Å². The molecule has 0 aliphatic rings. The summed E-state index contributed by atoms with van der Waals surface area (Å²) in [6.07, 6.45) is 1.19. The van der Waals surface area contributed by atoms with Crippen LogP contribution in [-0.4, -0.2) is 21.3 Å². The van der Waals surface area contributed by atoms with E-state index in [0.717, 1.165) is 5.39 Å². The lowest BCUT2D eigenvalue weighted by molar-refractivity contribution is -0.401. The normalized spacial score (nSPS) is 11.2. The maximum absolute atomic E-state index is 10.7. The first-order valence-electron chi connectivity index (χ1n) is 6.01. The highest BCUT2D eigenvalue weighted by Crippen LogP contribution is 2.31. The van der Waals surface area contributed by atoms with Gasteiger partial charge in [-0.1, -0.05) is 23.4 Å². The van der Waals surface area contributed by atoms with Crippen LogP contribution in [0.25, 0.3) is 22.2 Å². The highest BCUT2D eigenvalue weighted by atomic mass is 16.6. The Morgan fingerprint density at radius 1 is 1.29 bits per heavy atom. The number of nitro groups is 1. The minimum Gasteiger partial charge on any atom is -0.411 e. The standard InChI is InChI=1S/C14H9N3O4/c18-15-8-9-7-11(10-3-1-2-4-12(10)16-9)13-5-6-14(21-13)17(19)20/h1-8,18H. The number of benzene rings is 1. The van der Waals surface area contributed by atoms with Crippen molar-refractivity contribution in [3.05, 3.63) is 58.3 Å². The Hall–Kier alpha value is -3.22. The van der Waals surface area contributed by atoms with Gasteiger partial charge >= 0.3 is 5.88 Å². The Bertz CT molecular complexity index is 854. The molecule has 7 heteroatoms. The molecule has 1 N–H and O–H groups in total. The zero-order valence-electron chi connectivity index (χ0n) is 10.6. The molecule has 21 heavy (non-hydrogen) atoms. The summed E-state index contributed by atoms with van der Waals surface area (Å²) < 4.78 is 5.24. The number of hydrogen-bond acceptors (Lipinski definition) is 6. The van der Waals surface area contributed by atoms with E-state index < -0.39 is 4.92 Å². The molecule has 0 saturated heterocycles. The molecule has 0 fully saturated rings. The fourth-order valence-corrected chi connectivity index (χ4v) is 2.10. The summed E-state index contributed by atoms with van der Waals surface area (Å²) in [4.78, 5) is 14.4. The minimum absolute atomic E-state index is 0.330. The Morgan fingerprint density at radius 3 is 2.81 bits per heavy atom. The predicted molar refractivity (Wildman–Crippen MR) is 75.5 cm³/mol. The van der Waals surface area contributed by atoms with Gasteiger partial charge in [-0.3, -0.25) is 10.1 Å². The predicted octanol–water partition coefficient (Wildman–Crippen LogP) is 3.21. The van der Waals surface area contributed by atoms with Crippen LogP contribution >= 0.6 is 0 Å². The van der Waals surface area contributed by atoms with Crippen molar-refractivity contribution in [1.29, 1.82) is 0 Å². The van der Waals surface area contributed by atoms with Crippen molar-refractivity contribution < 1.29 is 14.5 Å². The Morgan fingerprint density at radius 2 is 2.10 bits per heavy atom. The Labute approximate surface area is 118 Å². The summed E-state index contributed by atoms with van der Waals surface area (Å²) in [7, 11) is 0. The first kappa shape index (κ1) is 12.8. The van der Waals surface area contributed by atoms with E-state index in [1.54, 1.807) is 12.1 Å². The summed E-state index contributed by atoms with van der Waals surface area (Å²) in [6, 6.07) is 11.8.